The fourth-order valence-corrected chi connectivity index (χ4v) is 4.35. The van der Waals surface area contributed by atoms with E-state index in [4.69, 9.17) is 27.9 Å². The number of carbonyl (C=O) groups excluding carboxylic acids is 2. The van der Waals surface area contributed by atoms with Gasteiger partial charge >= 0.3 is 0 Å². The molecule has 2 N–H and O–H groups in total. The average molecular weight is 480 g/mol. The fourth-order valence-electron chi connectivity index (χ4n) is 3.03. The van der Waals surface area contributed by atoms with Crippen molar-refractivity contribution in [2.24, 2.45) is 0 Å². The molecule has 6 nitrogen and oxygen atoms in total. The summed E-state index contributed by atoms with van der Waals surface area (Å²) in [5, 5.41) is 15.6. The second kappa shape index (κ2) is 10.1. The van der Waals surface area contributed by atoms with E-state index in [0.29, 0.717) is 32.6 Å². The van der Waals surface area contributed by atoms with Crippen LogP contribution in [0.3, 0.4) is 0 Å². The van der Waals surface area contributed by atoms with Crippen LogP contribution in [0.15, 0.2) is 47.0 Å². The lowest BCUT2D eigenvalue weighted by Crippen LogP contribution is -2.31. The van der Waals surface area contributed by atoms with Gasteiger partial charge in [-0.2, -0.15) is 5.26 Å². The molecule has 0 radical (unpaired) electrons. The van der Waals surface area contributed by atoms with Crippen molar-refractivity contribution in [3.8, 4) is 11.8 Å². The number of nitrogens with zero attached hydrogens (tertiary/aromatic N) is 1. The van der Waals surface area contributed by atoms with Crippen LogP contribution in [0.25, 0.3) is 0 Å². The van der Waals surface area contributed by atoms with Gasteiger partial charge in [-0.05, 0) is 35.9 Å². The number of amides is 2. The van der Waals surface area contributed by atoms with Crippen LogP contribution in [0.4, 0.5) is 10.1 Å². The van der Waals surface area contributed by atoms with Crippen molar-refractivity contribution >= 4 is 52.5 Å². The van der Waals surface area contributed by atoms with Crippen molar-refractivity contribution in [2.45, 2.75) is 12.3 Å². The molecule has 31 heavy (non-hydrogen) atoms. The zero-order valence-corrected chi connectivity index (χ0v) is 18.5. The first-order valence-electron chi connectivity index (χ1n) is 8.97. The highest BCUT2D eigenvalue weighted by molar-refractivity contribution is 8.03. The molecule has 0 bridgehead atoms. The highest BCUT2D eigenvalue weighted by Crippen LogP contribution is 2.38. The summed E-state index contributed by atoms with van der Waals surface area (Å²) in [6.45, 7) is 0. The number of ether oxygens (including phenoxy) is 1. The number of anilines is 1. The van der Waals surface area contributed by atoms with Crippen LogP contribution in [0.2, 0.25) is 10.0 Å². The van der Waals surface area contributed by atoms with E-state index in [9.17, 15) is 19.2 Å². The molecule has 1 heterocycles. The maximum atomic E-state index is 13.2. The summed E-state index contributed by atoms with van der Waals surface area (Å²) in [5.74, 6) is -1.35. The number of thioether (sulfide) groups is 1. The lowest BCUT2D eigenvalue weighted by molar-refractivity contribution is -0.121. The minimum atomic E-state index is -0.590. The third-order valence-electron chi connectivity index (χ3n) is 4.49. The van der Waals surface area contributed by atoms with Gasteiger partial charge in [-0.15, -0.1) is 0 Å². The summed E-state index contributed by atoms with van der Waals surface area (Å²) < 4.78 is 18.4. The van der Waals surface area contributed by atoms with Crippen LogP contribution in [-0.4, -0.2) is 24.7 Å². The van der Waals surface area contributed by atoms with Crippen LogP contribution in [0.1, 0.15) is 17.9 Å². The quantitative estimate of drug-likeness (QED) is 0.617. The molecule has 2 aromatic carbocycles. The molecule has 2 amide bonds. The van der Waals surface area contributed by atoms with Gasteiger partial charge in [0.25, 0.3) is 0 Å². The second-order valence-electron chi connectivity index (χ2n) is 6.52. The Hall–Kier alpha value is -2.73. The van der Waals surface area contributed by atoms with Crippen molar-refractivity contribution in [3.05, 3.63) is 68.4 Å². The average Bonchev–Trinajstić information content (AvgIpc) is 2.74. The molecule has 0 aliphatic carbocycles. The number of nitrogens with one attached hydrogen (secondary N) is 2. The molecule has 1 aliphatic rings. The van der Waals surface area contributed by atoms with E-state index in [2.05, 4.69) is 16.7 Å². The van der Waals surface area contributed by atoms with Crippen LogP contribution < -0.4 is 15.4 Å². The standard InChI is InChI=1S/C21H16Cl2FN3O3S/c1-30-18-5-2-11(6-16(18)23)13-8-19(28)27-21(14(13)9-25)31-10-20(29)26-12-3-4-17(24)15(22)7-12/h2-7,13H,8,10H2,1H3,(H,26,29)(H,27,28)/t13-/m0/s1. The Balaban J connectivity index is 1.77. The molecule has 1 aliphatic heterocycles. The first-order chi connectivity index (χ1) is 14.8. The predicted molar refractivity (Wildman–Crippen MR) is 119 cm³/mol. The number of nitriles is 1. The van der Waals surface area contributed by atoms with E-state index >= 15 is 0 Å². The largest absolute Gasteiger partial charge is 0.495 e. The van der Waals surface area contributed by atoms with Gasteiger partial charge in [-0.1, -0.05) is 41.0 Å². The minimum absolute atomic E-state index is 0.0775. The van der Waals surface area contributed by atoms with Crippen molar-refractivity contribution in [2.75, 3.05) is 18.2 Å². The van der Waals surface area contributed by atoms with Crippen LogP contribution in [-0.2, 0) is 9.59 Å². The van der Waals surface area contributed by atoms with E-state index in [1.165, 1.54) is 19.2 Å². The zero-order valence-electron chi connectivity index (χ0n) is 16.2. The van der Waals surface area contributed by atoms with Crippen molar-refractivity contribution in [1.29, 1.82) is 5.26 Å². The normalized spacial score (nSPS) is 15.8. The minimum Gasteiger partial charge on any atom is -0.495 e. The van der Waals surface area contributed by atoms with Gasteiger partial charge in [0.1, 0.15) is 11.6 Å². The van der Waals surface area contributed by atoms with Crippen LogP contribution in [0, 0.1) is 17.1 Å². The van der Waals surface area contributed by atoms with Crippen LogP contribution >= 0.6 is 35.0 Å². The van der Waals surface area contributed by atoms with Gasteiger partial charge in [-0.25, -0.2) is 4.39 Å². The van der Waals surface area contributed by atoms with E-state index in [1.54, 1.807) is 18.2 Å². The molecule has 3 rings (SSSR count). The molecule has 0 saturated carbocycles. The van der Waals surface area contributed by atoms with Gasteiger partial charge in [0, 0.05) is 18.0 Å². The summed E-state index contributed by atoms with van der Waals surface area (Å²) in [6.07, 6.45) is 0.0793. The maximum absolute atomic E-state index is 13.2. The smallest absolute Gasteiger partial charge is 0.234 e. The van der Waals surface area contributed by atoms with Gasteiger partial charge in [-0.3, -0.25) is 9.59 Å². The number of rotatable bonds is 6. The third kappa shape index (κ3) is 5.50. The van der Waals surface area contributed by atoms with Gasteiger partial charge in [0.15, 0.2) is 0 Å². The van der Waals surface area contributed by atoms with E-state index in [0.717, 1.165) is 17.8 Å². The summed E-state index contributed by atoms with van der Waals surface area (Å²) in [7, 11) is 1.50. The summed E-state index contributed by atoms with van der Waals surface area (Å²) >= 11 is 12.9. The van der Waals surface area contributed by atoms with Gasteiger partial charge < -0.3 is 15.4 Å². The first-order valence-corrected chi connectivity index (χ1v) is 10.7. The van der Waals surface area contributed by atoms with E-state index in [-0.39, 0.29) is 23.1 Å². The molecule has 1 atom stereocenters. The number of hydrogen-bond donors (Lipinski definition) is 2. The number of methoxy groups -OCH3 is 1. The number of carbonyl (C=O) groups is 2. The second-order valence-corrected chi connectivity index (χ2v) is 8.32. The Morgan fingerprint density at radius 2 is 2.10 bits per heavy atom. The predicted octanol–water partition coefficient (Wildman–Crippen LogP) is 4.85. The number of allylic oxidation sites excluding steroid dienone is 1. The highest BCUT2D eigenvalue weighted by Gasteiger charge is 2.30. The van der Waals surface area contributed by atoms with Crippen molar-refractivity contribution in [1.82, 2.24) is 5.32 Å². The van der Waals surface area contributed by atoms with Gasteiger partial charge in [0.2, 0.25) is 11.8 Å². The zero-order chi connectivity index (χ0) is 22.5. The Bertz CT molecular complexity index is 1120. The lowest BCUT2D eigenvalue weighted by Gasteiger charge is -2.25. The molecule has 0 unspecified atom stereocenters. The molecule has 10 heteroatoms. The summed E-state index contributed by atoms with van der Waals surface area (Å²) in [4.78, 5) is 24.5. The summed E-state index contributed by atoms with van der Waals surface area (Å²) in [6, 6.07) is 11.0. The monoisotopic (exact) mass is 479 g/mol. The lowest BCUT2D eigenvalue weighted by atomic mass is 9.87. The molecular formula is C21H16Cl2FN3O3S. The molecule has 0 spiro atoms. The number of halogens is 3. The van der Waals surface area contributed by atoms with E-state index in [1.807, 2.05) is 0 Å². The molecule has 0 saturated heterocycles. The Kier molecular flexibility index (Phi) is 7.44. The van der Waals surface area contributed by atoms with Crippen molar-refractivity contribution < 1.29 is 18.7 Å². The van der Waals surface area contributed by atoms with Crippen LogP contribution in [0.5, 0.6) is 5.75 Å². The molecule has 0 aromatic heterocycles. The van der Waals surface area contributed by atoms with Gasteiger partial charge in [0.05, 0.1) is 39.6 Å². The maximum Gasteiger partial charge on any atom is 0.234 e. The molecular weight excluding hydrogens is 464 g/mol. The third-order valence-corrected chi connectivity index (χ3v) is 6.09. The summed E-state index contributed by atoms with van der Waals surface area (Å²) in [5.41, 5.74) is 1.37. The highest BCUT2D eigenvalue weighted by atomic mass is 35.5. The topological polar surface area (TPSA) is 91.2 Å². The Morgan fingerprint density at radius 1 is 1.32 bits per heavy atom. The molecule has 2 aromatic rings. The molecule has 0 fully saturated rings. The number of benzene rings is 2. The van der Waals surface area contributed by atoms with E-state index < -0.39 is 17.6 Å². The molecule has 160 valence electrons. The first kappa shape index (κ1) is 22.9. The SMILES string of the molecule is COc1ccc([C@@H]2CC(=O)NC(SCC(=O)Nc3ccc(F)c(Cl)c3)=C2C#N)cc1Cl. The fraction of sp³-hybridized carbons (Fsp3) is 0.190. The van der Waals surface area contributed by atoms with Crippen molar-refractivity contribution in [3.63, 3.8) is 0 Å². The number of hydrogen-bond acceptors (Lipinski definition) is 5. The Labute approximate surface area is 192 Å². The Morgan fingerprint density at radius 3 is 2.74 bits per heavy atom.